The van der Waals surface area contributed by atoms with E-state index < -0.39 is 18.1 Å². The molecule has 23 heavy (non-hydrogen) atoms. The van der Waals surface area contributed by atoms with Gasteiger partial charge in [0, 0.05) is 6.54 Å². The number of Topliss-reactive ketones (excluding diaryl/α,β-unsaturated/α-hetero) is 1. The van der Waals surface area contributed by atoms with Crippen molar-refractivity contribution < 1.29 is 24.2 Å². The van der Waals surface area contributed by atoms with Crippen molar-refractivity contribution in [2.24, 2.45) is 0 Å². The molecule has 0 bridgehead atoms. The highest BCUT2D eigenvalue weighted by Gasteiger charge is 2.26. The molecular formula is C17H25NO5. The SMILES string of the molecule is CCOC(=O)CC(NCC(C)O)C(=O)c1cc(C)ccc1OC. The van der Waals surface area contributed by atoms with Crippen molar-refractivity contribution in [1.82, 2.24) is 5.32 Å². The van der Waals surface area contributed by atoms with Crippen molar-refractivity contribution in [3.63, 3.8) is 0 Å². The Bertz CT molecular complexity index is 542. The number of carbonyl (C=O) groups is 2. The third-order valence-corrected chi connectivity index (χ3v) is 3.27. The maximum Gasteiger partial charge on any atom is 0.307 e. The van der Waals surface area contributed by atoms with E-state index in [1.54, 1.807) is 26.0 Å². The molecule has 1 aromatic carbocycles. The molecule has 1 rings (SSSR count). The molecule has 0 fully saturated rings. The zero-order valence-corrected chi connectivity index (χ0v) is 14.1. The number of rotatable bonds is 9. The highest BCUT2D eigenvalue weighted by Crippen LogP contribution is 2.22. The van der Waals surface area contributed by atoms with Crippen molar-refractivity contribution >= 4 is 11.8 Å². The number of ketones is 1. The van der Waals surface area contributed by atoms with Crippen molar-refractivity contribution in [2.45, 2.75) is 39.3 Å². The maximum absolute atomic E-state index is 12.8. The highest BCUT2D eigenvalue weighted by atomic mass is 16.5. The molecule has 0 aliphatic carbocycles. The molecule has 6 heteroatoms. The van der Waals surface area contributed by atoms with Gasteiger partial charge in [0.05, 0.1) is 37.8 Å². The average molecular weight is 323 g/mol. The lowest BCUT2D eigenvalue weighted by atomic mass is 9.98. The molecule has 2 unspecified atom stereocenters. The van der Waals surface area contributed by atoms with Crippen LogP contribution in [-0.2, 0) is 9.53 Å². The summed E-state index contributed by atoms with van der Waals surface area (Å²) in [4.78, 5) is 24.5. The summed E-state index contributed by atoms with van der Waals surface area (Å²) in [6, 6.07) is 4.51. The molecule has 0 amide bonds. The number of esters is 1. The van der Waals surface area contributed by atoms with E-state index in [9.17, 15) is 14.7 Å². The van der Waals surface area contributed by atoms with E-state index in [1.165, 1.54) is 7.11 Å². The lowest BCUT2D eigenvalue weighted by Crippen LogP contribution is -2.42. The minimum Gasteiger partial charge on any atom is -0.496 e. The summed E-state index contributed by atoms with van der Waals surface area (Å²) in [7, 11) is 1.49. The van der Waals surface area contributed by atoms with E-state index in [-0.39, 0.29) is 25.4 Å². The van der Waals surface area contributed by atoms with E-state index in [4.69, 9.17) is 9.47 Å². The van der Waals surface area contributed by atoms with Crippen LogP contribution in [0.15, 0.2) is 18.2 Å². The monoisotopic (exact) mass is 323 g/mol. The number of hydrogen-bond acceptors (Lipinski definition) is 6. The fourth-order valence-corrected chi connectivity index (χ4v) is 2.16. The molecule has 0 heterocycles. The Labute approximate surface area is 136 Å². The standard InChI is InChI=1S/C17H25NO5/c1-5-23-16(20)9-14(18-10-12(3)19)17(21)13-8-11(2)6-7-15(13)22-4/h6-8,12,14,18-19H,5,9-10H2,1-4H3. The summed E-state index contributed by atoms with van der Waals surface area (Å²) < 4.78 is 10.2. The molecule has 128 valence electrons. The van der Waals surface area contributed by atoms with Crippen LogP contribution in [0.2, 0.25) is 0 Å². The Kier molecular flexibility index (Phi) is 7.71. The molecule has 6 nitrogen and oxygen atoms in total. The summed E-state index contributed by atoms with van der Waals surface area (Å²) in [5, 5.41) is 12.3. The fraction of sp³-hybridized carbons (Fsp3) is 0.529. The quantitative estimate of drug-likeness (QED) is 0.529. The predicted octanol–water partition coefficient (Wildman–Crippen LogP) is 1.48. The van der Waals surface area contributed by atoms with Crippen LogP contribution in [0.3, 0.4) is 0 Å². The topological polar surface area (TPSA) is 84.9 Å². The first-order valence-electron chi connectivity index (χ1n) is 7.65. The number of carbonyl (C=O) groups excluding carboxylic acids is 2. The number of aliphatic hydroxyl groups excluding tert-OH is 1. The molecule has 0 radical (unpaired) electrons. The molecule has 1 aromatic rings. The van der Waals surface area contributed by atoms with Gasteiger partial charge < -0.3 is 19.9 Å². The van der Waals surface area contributed by atoms with Crippen molar-refractivity contribution in [1.29, 1.82) is 0 Å². The zero-order chi connectivity index (χ0) is 17.4. The van der Waals surface area contributed by atoms with E-state index >= 15 is 0 Å². The van der Waals surface area contributed by atoms with Crippen LogP contribution in [0, 0.1) is 6.92 Å². The van der Waals surface area contributed by atoms with Gasteiger partial charge in [0.25, 0.3) is 0 Å². The summed E-state index contributed by atoms with van der Waals surface area (Å²) >= 11 is 0. The first-order chi connectivity index (χ1) is 10.9. The lowest BCUT2D eigenvalue weighted by molar-refractivity contribution is -0.143. The van der Waals surface area contributed by atoms with Crippen molar-refractivity contribution in [2.75, 3.05) is 20.3 Å². The Hall–Kier alpha value is -1.92. The smallest absolute Gasteiger partial charge is 0.307 e. The van der Waals surface area contributed by atoms with Gasteiger partial charge >= 0.3 is 5.97 Å². The zero-order valence-electron chi connectivity index (χ0n) is 14.1. The molecule has 2 N–H and O–H groups in total. The third-order valence-electron chi connectivity index (χ3n) is 3.27. The van der Waals surface area contributed by atoms with Crippen LogP contribution in [0.4, 0.5) is 0 Å². The molecular weight excluding hydrogens is 298 g/mol. The number of benzene rings is 1. The van der Waals surface area contributed by atoms with Crippen LogP contribution in [0.25, 0.3) is 0 Å². The number of aryl methyl sites for hydroxylation is 1. The van der Waals surface area contributed by atoms with Crippen LogP contribution in [0.5, 0.6) is 5.75 Å². The predicted molar refractivity (Wildman–Crippen MR) is 86.8 cm³/mol. The van der Waals surface area contributed by atoms with Crippen molar-refractivity contribution in [3.05, 3.63) is 29.3 Å². The van der Waals surface area contributed by atoms with Crippen LogP contribution in [0.1, 0.15) is 36.2 Å². The number of ether oxygens (including phenoxy) is 2. The lowest BCUT2D eigenvalue weighted by Gasteiger charge is -2.19. The van der Waals surface area contributed by atoms with Gasteiger partial charge in [0.1, 0.15) is 5.75 Å². The van der Waals surface area contributed by atoms with E-state index in [0.717, 1.165) is 5.56 Å². The van der Waals surface area contributed by atoms with Gasteiger partial charge in [-0.1, -0.05) is 11.6 Å². The van der Waals surface area contributed by atoms with Crippen LogP contribution < -0.4 is 10.1 Å². The van der Waals surface area contributed by atoms with Gasteiger partial charge in [-0.2, -0.15) is 0 Å². The normalized spacial score (nSPS) is 13.3. The molecule has 0 spiro atoms. The largest absolute Gasteiger partial charge is 0.496 e. The Balaban J connectivity index is 3.01. The average Bonchev–Trinajstić information content (AvgIpc) is 2.50. The van der Waals surface area contributed by atoms with Gasteiger partial charge in [-0.05, 0) is 32.9 Å². The van der Waals surface area contributed by atoms with E-state index in [1.807, 2.05) is 13.0 Å². The summed E-state index contributed by atoms with van der Waals surface area (Å²) in [6.07, 6.45) is -0.733. The van der Waals surface area contributed by atoms with Gasteiger partial charge in [0.15, 0.2) is 5.78 Å². The Morgan fingerprint density at radius 1 is 1.35 bits per heavy atom. The minimum absolute atomic E-state index is 0.101. The molecule has 0 aliphatic heterocycles. The summed E-state index contributed by atoms with van der Waals surface area (Å²) in [5.74, 6) is -0.275. The van der Waals surface area contributed by atoms with Gasteiger partial charge in [-0.3, -0.25) is 9.59 Å². The minimum atomic E-state index is -0.778. The summed E-state index contributed by atoms with van der Waals surface area (Å²) in [5.41, 5.74) is 1.32. The van der Waals surface area contributed by atoms with Crippen LogP contribution >= 0.6 is 0 Å². The van der Waals surface area contributed by atoms with E-state index in [0.29, 0.717) is 11.3 Å². The second-order valence-electron chi connectivity index (χ2n) is 5.39. The third kappa shape index (κ3) is 6.00. The van der Waals surface area contributed by atoms with Crippen molar-refractivity contribution in [3.8, 4) is 5.75 Å². The number of methoxy groups -OCH3 is 1. The van der Waals surface area contributed by atoms with Gasteiger partial charge in [-0.15, -0.1) is 0 Å². The molecule has 2 atom stereocenters. The maximum atomic E-state index is 12.8. The van der Waals surface area contributed by atoms with E-state index in [2.05, 4.69) is 5.32 Å². The van der Waals surface area contributed by atoms with Gasteiger partial charge in [-0.25, -0.2) is 0 Å². The first-order valence-corrected chi connectivity index (χ1v) is 7.65. The second-order valence-corrected chi connectivity index (χ2v) is 5.39. The highest BCUT2D eigenvalue weighted by molar-refractivity contribution is 6.04. The molecule has 0 aromatic heterocycles. The van der Waals surface area contributed by atoms with Gasteiger partial charge in [0.2, 0.25) is 0 Å². The molecule has 0 aliphatic rings. The Morgan fingerprint density at radius 2 is 2.04 bits per heavy atom. The summed E-state index contributed by atoms with van der Waals surface area (Å²) in [6.45, 7) is 5.64. The second kappa shape index (κ2) is 9.27. The first kappa shape index (κ1) is 19.1. The Morgan fingerprint density at radius 3 is 2.61 bits per heavy atom. The number of hydrogen-bond donors (Lipinski definition) is 2. The van der Waals surface area contributed by atoms with Crippen LogP contribution in [-0.4, -0.2) is 49.3 Å². The fourth-order valence-electron chi connectivity index (χ4n) is 2.16. The molecule has 0 saturated carbocycles. The molecule has 0 saturated heterocycles. The number of nitrogens with one attached hydrogen (secondary N) is 1. The number of aliphatic hydroxyl groups is 1.